The highest BCUT2D eigenvalue weighted by molar-refractivity contribution is 5.97. The molecule has 1 saturated carbocycles. The van der Waals surface area contributed by atoms with E-state index in [1.807, 2.05) is 14.0 Å². The SMILES string of the molecule is C[C@@H]1CCC[C@@]1(C#N)NC(=O)c1cnc2c(c1)ncn2C. The Morgan fingerprint density at radius 2 is 2.38 bits per heavy atom. The summed E-state index contributed by atoms with van der Waals surface area (Å²) in [4.78, 5) is 20.9. The second-order valence-corrected chi connectivity index (χ2v) is 5.75. The van der Waals surface area contributed by atoms with Crippen LogP contribution in [0.25, 0.3) is 11.2 Å². The molecule has 1 aliphatic rings. The van der Waals surface area contributed by atoms with Gasteiger partial charge in [0.2, 0.25) is 0 Å². The molecule has 0 unspecified atom stereocenters. The Morgan fingerprint density at radius 1 is 1.57 bits per heavy atom. The zero-order chi connectivity index (χ0) is 15.0. The topological polar surface area (TPSA) is 83.6 Å². The molecule has 3 rings (SSSR count). The Balaban J connectivity index is 1.88. The molecule has 0 aliphatic heterocycles. The lowest BCUT2D eigenvalue weighted by Gasteiger charge is -2.27. The Bertz CT molecular complexity index is 744. The molecule has 2 atom stereocenters. The molecule has 0 spiro atoms. The van der Waals surface area contributed by atoms with Gasteiger partial charge in [-0.05, 0) is 31.2 Å². The lowest BCUT2D eigenvalue weighted by Crippen LogP contribution is -2.49. The van der Waals surface area contributed by atoms with Crippen molar-refractivity contribution in [1.29, 1.82) is 5.26 Å². The third kappa shape index (κ3) is 2.15. The molecule has 6 heteroatoms. The van der Waals surface area contributed by atoms with Gasteiger partial charge in [-0.3, -0.25) is 4.79 Å². The van der Waals surface area contributed by atoms with Crippen LogP contribution in [0.2, 0.25) is 0 Å². The van der Waals surface area contributed by atoms with E-state index in [2.05, 4.69) is 21.4 Å². The molecule has 0 radical (unpaired) electrons. The molecule has 1 aliphatic carbocycles. The van der Waals surface area contributed by atoms with Crippen LogP contribution in [0.1, 0.15) is 36.5 Å². The number of hydrogen-bond acceptors (Lipinski definition) is 4. The fourth-order valence-corrected chi connectivity index (χ4v) is 2.97. The van der Waals surface area contributed by atoms with Crippen molar-refractivity contribution in [2.75, 3.05) is 0 Å². The summed E-state index contributed by atoms with van der Waals surface area (Å²) in [7, 11) is 1.85. The van der Waals surface area contributed by atoms with E-state index in [0.29, 0.717) is 17.5 Å². The summed E-state index contributed by atoms with van der Waals surface area (Å²) in [6.45, 7) is 2.01. The highest BCUT2D eigenvalue weighted by Crippen LogP contribution is 2.35. The van der Waals surface area contributed by atoms with Crippen molar-refractivity contribution in [3.05, 3.63) is 24.2 Å². The minimum Gasteiger partial charge on any atom is -0.333 e. The number of nitrogens with one attached hydrogen (secondary N) is 1. The van der Waals surface area contributed by atoms with Gasteiger partial charge in [-0.2, -0.15) is 5.26 Å². The van der Waals surface area contributed by atoms with E-state index in [1.165, 1.54) is 6.20 Å². The number of rotatable bonds is 2. The molecule has 0 saturated heterocycles. The molecular formula is C15H17N5O. The van der Waals surface area contributed by atoms with Crippen molar-refractivity contribution in [2.24, 2.45) is 13.0 Å². The van der Waals surface area contributed by atoms with E-state index in [9.17, 15) is 10.1 Å². The number of aromatic nitrogens is 3. The first kappa shape index (κ1) is 13.6. The van der Waals surface area contributed by atoms with E-state index >= 15 is 0 Å². The van der Waals surface area contributed by atoms with Gasteiger partial charge in [-0.15, -0.1) is 0 Å². The molecule has 21 heavy (non-hydrogen) atoms. The Labute approximate surface area is 122 Å². The Morgan fingerprint density at radius 3 is 3.05 bits per heavy atom. The summed E-state index contributed by atoms with van der Waals surface area (Å²) in [5.41, 5.74) is 1.09. The zero-order valence-corrected chi connectivity index (χ0v) is 12.1. The van der Waals surface area contributed by atoms with E-state index in [1.54, 1.807) is 17.0 Å². The average Bonchev–Trinajstić information content (AvgIpc) is 3.03. The number of carbonyl (C=O) groups excluding carboxylic acids is 1. The van der Waals surface area contributed by atoms with E-state index < -0.39 is 5.54 Å². The minimum atomic E-state index is -0.754. The highest BCUT2D eigenvalue weighted by atomic mass is 16.1. The summed E-state index contributed by atoms with van der Waals surface area (Å²) in [5, 5.41) is 12.4. The number of pyridine rings is 1. The summed E-state index contributed by atoms with van der Waals surface area (Å²) in [5.74, 6) is -0.0941. The van der Waals surface area contributed by atoms with Gasteiger partial charge in [0.25, 0.3) is 5.91 Å². The van der Waals surface area contributed by atoms with Crippen LogP contribution in [0.5, 0.6) is 0 Å². The fraction of sp³-hybridized carbons (Fsp3) is 0.467. The van der Waals surface area contributed by atoms with Gasteiger partial charge >= 0.3 is 0 Å². The number of aryl methyl sites for hydroxylation is 1. The monoisotopic (exact) mass is 283 g/mol. The first-order valence-electron chi connectivity index (χ1n) is 7.06. The third-order valence-corrected chi connectivity index (χ3v) is 4.40. The second-order valence-electron chi connectivity index (χ2n) is 5.75. The van der Waals surface area contributed by atoms with Crippen LogP contribution in [0.3, 0.4) is 0 Å². The number of hydrogen-bond donors (Lipinski definition) is 1. The van der Waals surface area contributed by atoms with Gasteiger partial charge in [0.15, 0.2) is 5.65 Å². The molecule has 2 heterocycles. The maximum Gasteiger partial charge on any atom is 0.254 e. The average molecular weight is 283 g/mol. The van der Waals surface area contributed by atoms with Crippen LogP contribution in [0.15, 0.2) is 18.6 Å². The van der Waals surface area contributed by atoms with Crippen LogP contribution >= 0.6 is 0 Å². The van der Waals surface area contributed by atoms with Gasteiger partial charge in [0.05, 0.1) is 18.0 Å². The molecule has 108 valence electrons. The van der Waals surface area contributed by atoms with Crippen molar-refractivity contribution >= 4 is 17.1 Å². The van der Waals surface area contributed by atoms with Crippen molar-refractivity contribution in [2.45, 2.75) is 31.7 Å². The summed E-state index contributed by atoms with van der Waals surface area (Å²) < 4.78 is 1.80. The highest BCUT2D eigenvalue weighted by Gasteiger charge is 2.42. The van der Waals surface area contributed by atoms with Crippen molar-refractivity contribution in [3.8, 4) is 6.07 Å². The van der Waals surface area contributed by atoms with Crippen LogP contribution in [-0.4, -0.2) is 26.0 Å². The van der Waals surface area contributed by atoms with Crippen LogP contribution in [0, 0.1) is 17.2 Å². The van der Waals surface area contributed by atoms with Crippen molar-refractivity contribution in [1.82, 2.24) is 19.9 Å². The predicted molar refractivity (Wildman–Crippen MR) is 77.3 cm³/mol. The third-order valence-electron chi connectivity index (χ3n) is 4.40. The Kier molecular flexibility index (Phi) is 3.13. The summed E-state index contributed by atoms with van der Waals surface area (Å²) >= 11 is 0. The lowest BCUT2D eigenvalue weighted by molar-refractivity contribution is 0.0906. The van der Waals surface area contributed by atoms with Crippen molar-refractivity contribution < 1.29 is 4.79 Å². The van der Waals surface area contributed by atoms with Crippen LogP contribution < -0.4 is 5.32 Å². The molecule has 2 aromatic rings. The minimum absolute atomic E-state index is 0.165. The number of nitriles is 1. The molecule has 0 aromatic carbocycles. The maximum absolute atomic E-state index is 12.4. The molecule has 0 bridgehead atoms. The summed E-state index contributed by atoms with van der Waals surface area (Å²) in [6.07, 6.45) is 5.83. The standard InChI is InChI=1S/C15H17N5O/c1-10-4-3-5-15(10,8-16)19-14(21)11-6-12-13(17-7-11)20(2)9-18-12/h6-7,9-10H,3-5H2,1-2H3,(H,19,21)/t10-,15+/m1/s1. The molecule has 2 aromatic heterocycles. The Hall–Kier alpha value is -2.42. The van der Waals surface area contributed by atoms with Crippen LogP contribution in [0.4, 0.5) is 0 Å². The summed E-state index contributed by atoms with van der Waals surface area (Å²) in [6, 6.07) is 4.01. The quantitative estimate of drug-likeness (QED) is 0.910. The van der Waals surface area contributed by atoms with E-state index in [-0.39, 0.29) is 11.8 Å². The normalized spacial score (nSPS) is 24.9. The van der Waals surface area contributed by atoms with Gasteiger partial charge in [-0.1, -0.05) is 6.92 Å². The molecule has 6 nitrogen and oxygen atoms in total. The van der Waals surface area contributed by atoms with E-state index in [4.69, 9.17) is 0 Å². The predicted octanol–water partition coefficient (Wildman–Crippen LogP) is 1.78. The van der Waals surface area contributed by atoms with Crippen LogP contribution in [-0.2, 0) is 7.05 Å². The first-order valence-corrected chi connectivity index (χ1v) is 7.06. The number of nitrogens with zero attached hydrogens (tertiary/aromatic N) is 4. The largest absolute Gasteiger partial charge is 0.333 e. The number of carbonyl (C=O) groups is 1. The number of amides is 1. The second kappa shape index (κ2) is 4.85. The number of imidazole rings is 1. The fourth-order valence-electron chi connectivity index (χ4n) is 2.97. The van der Waals surface area contributed by atoms with Gasteiger partial charge < -0.3 is 9.88 Å². The molecule has 1 fully saturated rings. The zero-order valence-electron chi connectivity index (χ0n) is 12.1. The van der Waals surface area contributed by atoms with Gasteiger partial charge in [-0.25, -0.2) is 9.97 Å². The molecule has 1 N–H and O–H groups in total. The molecule has 1 amide bonds. The maximum atomic E-state index is 12.4. The van der Waals surface area contributed by atoms with E-state index in [0.717, 1.165) is 18.5 Å². The van der Waals surface area contributed by atoms with Gasteiger partial charge in [0.1, 0.15) is 11.1 Å². The number of fused-ring (bicyclic) bond motifs is 1. The van der Waals surface area contributed by atoms with Gasteiger partial charge in [0, 0.05) is 13.2 Å². The smallest absolute Gasteiger partial charge is 0.254 e. The van der Waals surface area contributed by atoms with Crippen molar-refractivity contribution in [3.63, 3.8) is 0 Å². The molecular weight excluding hydrogens is 266 g/mol. The lowest BCUT2D eigenvalue weighted by atomic mass is 9.89. The first-order chi connectivity index (χ1) is 10.1.